The Morgan fingerprint density at radius 3 is 1.16 bits per heavy atom. The van der Waals surface area contributed by atoms with Crippen molar-refractivity contribution in [1.82, 2.24) is 80.5 Å². The molecule has 0 aliphatic carbocycles. The molecule has 9 aromatic rings. The molecule has 0 fully saturated rings. The molecule has 0 aromatic carbocycles. The highest BCUT2D eigenvalue weighted by Crippen LogP contribution is 1.89. The monoisotopic (exact) mass is 1120 g/mol. The summed E-state index contributed by atoms with van der Waals surface area (Å²) in [7, 11) is 9.61. The van der Waals surface area contributed by atoms with Crippen LogP contribution in [0.4, 0.5) is 0 Å². The van der Waals surface area contributed by atoms with E-state index in [4.69, 9.17) is 0 Å². The van der Waals surface area contributed by atoms with E-state index in [9.17, 15) is 0 Å². The Hall–Kier alpha value is -8.09. The number of rotatable bonds is 0. The van der Waals surface area contributed by atoms with Gasteiger partial charge in [-0.2, -0.15) is 15.0 Å². The summed E-state index contributed by atoms with van der Waals surface area (Å²) < 4.78 is 7.75. The summed E-state index contributed by atoms with van der Waals surface area (Å²) in [4.78, 5) is 24.3. The van der Waals surface area contributed by atoms with Gasteiger partial charge in [0.15, 0.2) is 42.5 Å². The molecule has 0 saturated carbocycles. The van der Waals surface area contributed by atoms with Gasteiger partial charge in [0.05, 0.1) is 7.05 Å². The van der Waals surface area contributed by atoms with Gasteiger partial charge in [0, 0.05) is 98.9 Å². The quantitative estimate of drug-likeness (QED) is 0.130. The Labute approximate surface area is 493 Å². The first-order valence-electron chi connectivity index (χ1n) is 28.2. The van der Waals surface area contributed by atoms with Crippen LogP contribution in [0.15, 0.2) is 154 Å². The second-order valence-corrected chi connectivity index (χ2v) is 13.7. The number of pyridine rings is 3. The van der Waals surface area contributed by atoms with Crippen molar-refractivity contribution < 1.29 is 13.7 Å². The van der Waals surface area contributed by atoms with E-state index in [1.807, 2.05) is 230 Å². The normalized spacial score (nSPS) is 7.81. The topological polar surface area (TPSA) is 202 Å². The van der Waals surface area contributed by atoms with Crippen LogP contribution in [0.5, 0.6) is 0 Å². The predicted molar refractivity (Wildman–Crippen MR) is 337 cm³/mol. The van der Waals surface area contributed by atoms with E-state index in [2.05, 4.69) is 127 Å². The van der Waals surface area contributed by atoms with Crippen LogP contribution in [-0.4, -0.2) is 80.5 Å². The molecule has 9 heterocycles. The number of aryl methyl sites for hydroxylation is 13. The molecule has 0 N–H and O–H groups in total. The summed E-state index contributed by atoms with van der Waals surface area (Å²) in [6.45, 7) is 47.6. The van der Waals surface area contributed by atoms with Crippen molar-refractivity contribution in [1.29, 1.82) is 0 Å². The lowest BCUT2D eigenvalue weighted by atomic mass is 10.3. The Balaban J connectivity index is -0.000000120. The smallest absolute Gasteiger partial charge is 0.177 e. The van der Waals surface area contributed by atoms with Crippen LogP contribution in [0.25, 0.3) is 0 Å². The van der Waals surface area contributed by atoms with Crippen LogP contribution in [0.1, 0.15) is 156 Å². The minimum Gasteiger partial charge on any atom is -0.245 e. The third-order valence-electron chi connectivity index (χ3n) is 7.59. The van der Waals surface area contributed by atoms with E-state index in [1.165, 1.54) is 34.3 Å². The molecule has 9 rings (SSSR count). The Morgan fingerprint density at radius 2 is 0.938 bits per heavy atom. The minimum absolute atomic E-state index is 0.711. The standard InChI is InChI=1S/3C7H10N.3C5H6N2.C4H4N2.2C3H6N4.8C2H6/c1-7-3-5-8(2)6-4-7;1-7-4-3-5-8(2)6-7;1-7-5-3-4-6-8(7)2;1-5-2-6-4-7-3-5;1-5-2-3-6-4-7-5;1-5-6-3-2-4-7-5;1-2-4-6-5-3-1;1-3-4-5-6-7(3)2;1-3-4-6-7(2)5-3;8*1-2/h3*3-6H,1-2H3;3*2-4H,1H3;1-4H;2*1-2H3;8*1-2H3/q3*+1;;;;;;;;;;;;;;. The summed E-state index contributed by atoms with van der Waals surface area (Å²) in [6, 6.07) is 21.7. The third-order valence-corrected chi connectivity index (χ3v) is 7.59. The van der Waals surface area contributed by atoms with Gasteiger partial charge in [-0.1, -0.05) is 117 Å². The molecule has 0 atom stereocenters. The maximum absolute atomic E-state index is 3.87. The van der Waals surface area contributed by atoms with Gasteiger partial charge in [-0.25, -0.2) is 48.3 Å². The van der Waals surface area contributed by atoms with E-state index < -0.39 is 0 Å². The van der Waals surface area contributed by atoms with Crippen LogP contribution in [0, 0.1) is 55.4 Å². The van der Waals surface area contributed by atoms with Crippen LogP contribution in [0.2, 0.25) is 0 Å². The van der Waals surface area contributed by atoms with Gasteiger partial charge in [0.2, 0.25) is 0 Å². The van der Waals surface area contributed by atoms with Gasteiger partial charge in [-0.3, -0.25) is 0 Å². The van der Waals surface area contributed by atoms with E-state index in [-0.39, 0.29) is 0 Å². The van der Waals surface area contributed by atoms with Crippen LogP contribution >= 0.6 is 0 Å². The zero-order valence-electron chi connectivity index (χ0n) is 55.9. The van der Waals surface area contributed by atoms with Crippen molar-refractivity contribution in [2.45, 2.75) is 166 Å². The summed E-state index contributed by atoms with van der Waals surface area (Å²) >= 11 is 0. The molecule has 19 heteroatoms. The Morgan fingerprint density at radius 1 is 0.407 bits per heavy atom. The molecule has 452 valence electrons. The molecule has 0 saturated heterocycles. The third kappa shape index (κ3) is 68.0. The first-order chi connectivity index (χ1) is 39.2. The molecule has 0 aliphatic heterocycles. The van der Waals surface area contributed by atoms with Crippen molar-refractivity contribution in [3.63, 3.8) is 0 Å². The molecule has 81 heavy (non-hydrogen) atoms. The minimum atomic E-state index is 0.711. The Bertz CT molecular complexity index is 2270. The molecule has 0 radical (unpaired) electrons. The lowest BCUT2D eigenvalue weighted by Crippen LogP contribution is -2.30. The highest BCUT2D eigenvalue weighted by molar-refractivity contribution is 5.03. The number of nitrogens with zero attached hydrogens (tertiary/aromatic N) is 19. The summed E-state index contributed by atoms with van der Waals surface area (Å²) in [5, 5.41) is 28.6. The largest absolute Gasteiger partial charge is 0.245 e. The van der Waals surface area contributed by atoms with Gasteiger partial charge in [0.1, 0.15) is 45.4 Å². The molecule has 0 spiro atoms. The van der Waals surface area contributed by atoms with Gasteiger partial charge in [-0.15, -0.1) is 15.3 Å². The molecule has 0 aliphatic rings. The fourth-order valence-electron chi connectivity index (χ4n) is 3.93. The van der Waals surface area contributed by atoms with Gasteiger partial charge < -0.3 is 0 Å². The maximum atomic E-state index is 3.87. The van der Waals surface area contributed by atoms with Crippen molar-refractivity contribution in [3.8, 4) is 0 Å². The molecule has 0 bridgehead atoms. The lowest BCUT2D eigenvalue weighted by Gasteiger charge is -1.87. The highest BCUT2D eigenvalue weighted by atomic mass is 15.6. The maximum Gasteiger partial charge on any atom is 0.177 e. The first kappa shape index (κ1) is 89.5. The summed E-state index contributed by atoms with van der Waals surface area (Å²) in [5.41, 5.74) is 6.00. The number of tetrazole rings is 2. The first-order valence-corrected chi connectivity index (χ1v) is 28.2. The van der Waals surface area contributed by atoms with Crippen LogP contribution < -0.4 is 13.7 Å². The van der Waals surface area contributed by atoms with Gasteiger partial charge >= 0.3 is 0 Å². The van der Waals surface area contributed by atoms with Crippen molar-refractivity contribution in [2.24, 2.45) is 35.2 Å². The number of hydrogen-bond acceptors (Lipinski definition) is 14. The fraction of sp³-hybridized carbons (Fsp3) is 0.468. The van der Waals surface area contributed by atoms with E-state index in [1.54, 1.807) is 75.1 Å². The fourth-order valence-corrected chi connectivity index (χ4v) is 3.93. The zero-order valence-corrected chi connectivity index (χ0v) is 55.9. The van der Waals surface area contributed by atoms with Crippen molar-refractivity contribution >= 4 is 0 Å². The van der Waals surface area contributed by atoms with Gasteiger partial charge in [-0.05, 0) is 106 Å². The number of aromatic nitrogens is 19. The zero-order chi connectivity index (χ0) is 64.1. The van der Waals surface area contributed by atoms with E-state index in [0.29, 0.717) is 5.82 Å². The Kier molecular flexibility index (Phi) is 81.7. The van der Waals surface area contributed by atoms with Gasteiger partial charge in [0.25, 0.3) is 0 Å². The second-order valence-electron chi connectivity index (χ2n) is 13.7. The molecule has 0 amide bonds. The predicted octanol–water partition coefficient (Wildman–Crippen LogP) is 12.5. The molecular formula is C62H112N19+3. The number of hydrogen-bond donors (Lipinski definition) is 0. The van der Waals surface area contributed by atoms with E-state index in [0.717, 1.165) is 22.9 Å². The van der Waals surface area contributed by atoms with E-state index >= 15 is 0 Å². The summed E-state index contributed by atoms with van der Waals surface area (Å²) in [6.07, 6.45) is 25.3. The second kappa shape index (κ2) is 74.0. The molecule has 9 aromatic heterocycles. The summed E-state index contributed by atoms with van der Waals surface area (Å²) in [5.74, 6) is 2.37. The SMILES string of the molecule is CC.CC.CC.CC.CC.CC.CC.CC.Cc1cc[n+](C)cc1.Cc1ccc[n+](C)c1.Cc1cccc[n+]1C.Cc1ccncn1.Cc1cncnc1.Cc1ncccn1.Cc1nnn(C)n1.Cc1nnnn1C.c1ccnnc1. The molecule has 0 unspecified atom stereocenters. The van der Waals surface area contributed by atoms with Crippen molar-refractivity contribution in [2.75, 3.05) is 0 Å². The lowest BCUT2D eigenvalue weighted by molar-refractivity contribution is -0.677. The average molecular weight is 1120 g/mol. The highest BCUT2D eigenvalue weighted by Gasteiger charge is 1.92. The van der Waals surface area contributed by atoms with Crippen molar-refractivity contribution in [3.05, 3.63) is 199 Å². The van der Waals surface area contributed by atoms with Crippen LogP contribution in [0.3, 0.4) is 0 Å². The molecular weight excluding hydrogens is 1010 g/mol. The molecule has 19 nitrogen and oxygen atoms in total. The average Bonchev–Trinajstić information content (AvgIpc) is 4.11. The van der Waals surface area contributed by atoms with Crippen LogP contribution in [-0.2, 0) is 35.2 Å².